The molecule has 0 unspecified atom stereocenters. The van der Waals surface area contributed by atoms with Crippen molar-refractivity contribution in [3.8, 4) is 0 Å². The maximum atomic E-state index is 13.0. The summed E-state index contributed by atoms with van der Waals surface area (Å²) >= 11 is 1.67. The van der Waals surface area contributed by atoms with Crippen LogP contribution in [0.2, 0.25) is 0 Å². The van der Waals surface area contributed by atoms with E-state index >= 15 is 0 Å². The molecular weight excluding hydrogens is 235 g/mol. The molecule has 0 amide bonds. The summed E-state index contributed by atoms with van der Waals surface area (Å²) in [5.41, 5.74) is 2.10. The molecule has 0 saturated carbocycles. The highest BCUT2D eigenvalue weighted by Crippen LogP contribution is 2.23. The number of nitrogens with one attached hydrogen (secondary N) is 1. The summed E-state index contributed by atoms with van der Waals surface area (Å²) in [7, 11) is 1.87. The maximum absolute atomic E-state index is 13.0. The average molecular weight is 250 g/mol. The topological polar surface area (TPSA) is 24.9 Å². The highest BCUT2D eigenvalue weighted by molar-refractivity contribution is 7.15. The van der Waals surface area contributed by atoms with Gasteiger partial charge in [0.15, 0.2) is 5.13 Å². The number of thiazole rings is 1. The van der Waals surface area contributed by atoms with Gasteiger partial charge in [-0.15, -0.1) is 11.3 Å². The van der Waals surface area contributed by atoms with Gasteiger partial charge in [0.2, 0.25) is 0 Å². The molecular formula is C13H15FN2S. The molecule has 1 aromatic heterocycles. The predicted octanol–water partition coefficient (Wildman–Crippen LogP) is 3.42. The van der Waals surface area contributed by atoms with Crippen LogP contribution in [0.4, 0.5) is 9.52 Å². The number of hydrogen-bond donors (Lipinski definition) is 1. The van der Waals surface area contributed by atoms with Gasteiger partial charge >= 0.3 is 0 Å². The Morgan fingerprint density at radius 3 is 2.82 bits per heavy atom. The Hall–Kier alpha value is -1.42. The third-order valence-electron chi connectivity index (χ3n) is 2.64. The largest absolute Gasteiger partial charge is 0.365 e. The number of anilines is 1. The van der Waals surface area contributed by atoms with Gasteiger partial charge in [-0.3, -0.25) is 0 Å². The molecule has 0 spiro atoms. The van der Waals surface area contributed by atoms with Gasteiger partial charge in [-0.05, 0) is 37.5 Å². The number of aromatic nitrogens is 1. The molecule has 1 N–H and O–H groups in total. The molecule has 0 saturated heterocycles. The van der Waals surface area contributed by atoms with Crippen molar-refractivity contribution in [2.24, 2.45) is 0 Å². The van der Waals surface area contributed by atoms with E-state index < -0.39 is 0 Å². The zero-order valence-corrected chi connectivity index (χ0v) is 10.8. The number of aryl methyl sites for hydroxylation is 3. The van der Waals surface area contributed by atoms with Crippen molar-refractivity contribution < 1.29 is 4.39 Å². The second-order valence-electron chi connectivity index (χ2n) is 3.91. The summed E-state index contributed by atoms with van der Waals surface area (Å²) in [4.78, 5) is 5.65. The predicted molar refractivity (Wildman–Crippen MR) is 70.2 cm³/mol. The van der Waals surface area contributed by atoms with Crippen LogP contribution in [0.1, 0.15) is 16.1 Å². The fraction of sp³-hybridized carbons (Fsp3) is 0.308. The standard InChI is InChI=1S/C13H15FN2S/c1-9-12(17-13(15-2)16-9)7-6-10-4-3-5-11(14)8-10/h3-5,8H,6-7H2,1-2H3,(H,15,16). The highest BCUT2D eigenvalue weighted by atomic mass is 32.1. The first kappa shape index (κ1) is 12.0. The zero-order valence-electron chi connectivity index (χ0n) is 9.96. The minimum absolute atomic E-state index is 0.167. The molecule has 17 heavy (non-hydrogen) atoms. The summed E-state index contributed by atoms with van der Waals surface area (Å²) in [6.07, 6.45) is 1.76. The van der Waals surface area contributed by atoms with Crippen LogP contribution in [0.5, 0.6) is 0 Å². The Bertz CT molecular complexity index is 508. The van der Waals surface area contributed by atoms with E-state index in [1.807, 2.05) is 20.0 Å². The van der Waals surface area contributed by atoms with E-state index in [1.54, 1.807) is 23.5 Å². The summed E-state index contributed by atoms with van der Waals surface area (Å²) in [5, 5.41) is 3.98. The molecule has 0 aliphatic rings. The molecule has 0 aliphatic heterocycles. The Morgan fingerprint density at radius 1 is 1.35 bits per heavy atom. The van der Waals surface area contributed by atoms with Crippen LogP contribution < -0.4 is 5.32 Å². The van der Waals surface area contributed by atoms with E-state index in [0.717, 1.165) is 29.2 Å². The quantitative estimate of drug-likeness (QED) is 0.899. The van der Waals surface area contributed by atoms with E-state index in [9.17, 15) is 4.39 Å². The van der Waals surface area contributed by atoms with Crippen molar-refractivity contribution in [1.82, 2.24) is 4.98 Å². The van der Waals surface area contributed by atoms with Gasteiger partial charge in [-0.25, -0.2) is 9.37 Å². The Kier molecular flexibility index (Phi) is 3.74. The van der Waals surface area contributed by atoms with Crippen LogP contribution >= 0.6 is 11.3 Å². The van der Waals surface area contributed by atoms with Crippen LogP contribution in [0.3, 0.4) is 0 Å². The second-order valence-corrected chi connectivity index (χ2v) is 4.99. The normalized spacial score (nSPS) is 10.5. The average Bonchev–Trinajstić information content (AvgIpc) is 2.68. The third-order valence-corrected chi connectivity index (χ3v) is 3.87. The first-order valence-corrected chi connectivity index (χ1v) is 6.39. The van der Waals surface area contributed by atoms with Crippen molar-refractivity contribution in [1.29, 1.82) is 0 Å². The number of benzene rings is 1. The van der Waals surface area contributed by atoms with Gasteiger partial charge in [0.25, 0.3) is 0 Å². The van der Waals surface area contributed by atoms with Crippen LogP contribution in [0, 0.1) is 12.7 Å². The number of rotatable bonds is 4. The van der Waals surface area contributed by atoms with Gasteiger partial charge in [-0.2, -0.15) is 0 Å². The minimum atomic E-state index is -0.167. The molecule has 1 heterocycles. The lowest BCUT2D eigenvalue weighted by atomic mass is 10.1. The van der Waals surface area contributed by atoms with Gasteiger partial charge in [0, 0.05) is 11.9 Å². The molecule has 0 radical (unpaired) electrons. The number of hydrogen-bond acceptors (Lipinski definition) is 3. The highest BCUT2D eigenvalue weighted by Gasteiger charge is 2.06. The summed E-state index contributed by atoms with van der Waals surface area (Å²) < 4.78 is 13.0. The number of halogens is 1. The monoisotopic (exact) mass is 250 g/mol. The van der Waals surface area contributed by atoms with Crippen LogP contribution in [-0.4, -0.2) is 12.0 Å². The molecule has 90 valence electrons. The van der Waals surface area contributed by atoms with Crippen molar-refractivity contribution >= 4 is 16.5 Å². The summed E-state index contributed by atoms with van der Waals surface area (Å²) in [6.45, 7) is 2.01. The molecule has 2 nitrogen and oxygen atoms in total. The van der Waals surface area contributed by atoms with Crippen LogP contribution in [0.25, 0.3) is 0 Å². The van der Waals surface area contributed by atoms with Gasteiger partial charge < -0.3 is 5.32 Å². The molecule has 0 aliphatic carbocycles. The summed E-state index contributed by atoms with van der Waals surface area (Å²) in [6, 6.07) is 6.78. The van der Waals surface area contributed by atoms with Crippen LogP contribution in [0.15, 0.2) is 24.3 Å². The molecule has 2 aromatic rings. The van der Waals surface area contributed by atoms with E-state index in [-0.39, 0.29) is 5.82 Å². The Balaban J connectivity index is 2.04. The van der Waals surface area contributed by atoms with Gasteiger partial charge in [0.1, 0.15) is 5.82 Å². The first-order valence-electron chi connectivity index (χ1n) is 5.57. The van der Waals surface area contributed by atoms with E-state index in [4.69, 9.17) is 0 Å². The molecule has 4 heteroatoms. The van der Waals surface area contributed by atoms with Crippen molar-refractivity contribution in [3.63, 3.8) is 0 Å². The molecule has 0 atom stereocenters. The van der Waals surface area contributed by atoms with Crippen LogP contribution in [-0.2, 0) is 12.8 Å². The van der Waals surface area contributed by atoms with E-state index in [2.05, 4.69) is 10.3 Å². The maximum Gasteiger partial charge on any atom is 0.182 e. The first-order chi connectivity index (χ1) is 8.19. The molecule has 0 fully saturated rings. The fourth-order valence-electron chi connectivity index (χ4n) is 1.72. The molecule has 0 bridgehead atoms. The smallest absolute Gasteiger partial charge is 0.182 e. The van der Waals surface area contributed by atoms with Crippen molar-refractivity contribution in [2.45, 2.75) is 19.8 Å². The minimum Gasteiger partial charge on any atom is -0.365 e. The third kappa shape index (κ3) is 3.03. The van der Waals surface area contributed by atoms with Gasteiger partial charge in [-0.1, -0.05) is 12.1 Å². The van der Waals surface area contributed by atoms with E-state index in [0.29, 0.717) is 0 Å². The summed E-state index contributed by atoms with van der Waals surface area (Å²) in [5.74, 6) is -0.167. The SMILES string of the molecule is CNc1nc(C)c(CCc2cccc(F)c2)s1. The lowest BCUT2D eigenvalue weighted by Crippen LogP contribution is -1.91. The van der Waals surface area contributed by atoms with Crippen molar-refractivity contribution in [3.05, 3.63) is 46.2 Å². The Labute approximate surface area is 105 Å². The van der Waals surface area contributed by atoms with Gasteiger partial charge in [0.05, 0.1) is 5.69 Å². The zero-order chi connectivity index (χ0) is 12.3. The second kappa shape index (κ2) is 5.27. The molecule has 1 aromatic carbocycles. The lowest BCUT2D eigenvalue weighted by Gasteiger charge is -2.00. The van der Waals surface area contributed by atoms with Crippen molar-refractivity contribution in [2.75, 3.05) is 12.4 Å². The fourth-order valence-corrected chi connectivity index (χ4v) is 2.63. The lowest BCUT2D eigenvalue weighted by molar-refractivity contribution is 0.625. The molecule has 2 rings (SSSR count). The van der Waals surface area contributed by atoms with E-state index in [1.165, 1.54) is 10.9 Å². The number of nitrogens with zero attached hydrogens (tertiary/aromatic N) is 1. The Morgan fingerprint density at radius 2 is 2.18 bits per heavy atom.